The van der Waals surface area contributed by atoms with Gasteiger partial charge in [0, 0.05) is 11.8 Å². The van der Waals surface area contributed by atoms with Gasteiger partial charge in [-0.25, -0.2) is 0 Å². The highest BCUT2D eigenvalue weighted by Crippen LogP contribution is 2.26. The zero-order chi connectivity index (χ0) is 11.4. The molecule has 92 valence electrons. The van der Waals surface area contributed by atoms with E-state index in [1.54, 1.807) is 0 Å². The lowest BCUT2D eigenvalue weighted by Gasteiger charge is -2.29. The van der Waals surface area contributed by atoms with E-state index in [4.69, 9.17) is 0 Å². The Hall–Kier alpha value is -0.220. The maximum absolute atomic E-state index is 12.3. The van der Waals surface area contributed by atoms with Gasteiger partial charge in [-0.2, -0.15) is 11.8 Å². The second-order valence-corrected chi connectivity index (χ2v) is 6.05. The van der Waals surface area contributed by atoms with E-state index < -0.39 is 0 Å². The molecule has 0 aromatic heterocycles. The predicted molar refractivity (Wildman–Crippen MR) is 68.7 cm³/mol. The average molecular weight is 242 g/mol. The van der Waals surface area contributed by atoms with E-state index in [1.165, 1.54) is 5.75 Å². The van der Waals surface area contributed by atoms with Gasteiger partial charge in [0.25, 0.3) is 0 Å². The van der Waals surface area contributed by atoms with Crippen LogP contribution >= 0.6 is 11.8 Å². The Bertz CT molecular complexity index is 245. The molecule has 2 fully saturated rings. The molecular weight excluding hydrogens is 220 g/mol. The first-order valence-corrected chi connectivity index (χ1v) is 7.56. The van der Waals surface area contributed by atoms with E-state index in [1.807, 2.05) is 11.8 Å². The lowest BCUT2D eigenvalue weighted by atomic mass is 9.90. The fourth-order valence-electron chi connectivity index (χ4n) is 2.73. The smallest absolute Gasteiger partial charge is 0.240 e. The Kier molecular flexibility index (Phi) is 4.14. The van der Waals surface area contributed by atoms with E-state index >= 15 is 0 Å². The molecule has 0 aromatic carbocycles. The first-order valence-electron chi connectivity index (χ1n) is 6.40. The SMILES string of the molecule is CCCC1(C(=O)NC2CCSC2)CCCN1. The van der Waals surface area contributed by atoms with Crippen LogP contribution in [-0.4, -0.2) is 35.5 Å². The van der Waals surface area contributed by atoms with Crippen LogP contribution in [0.4, 0.5) is 0 Å². The molecule has 2 aliphatic heterocycles. The van der Waals surface area contributed by atoms with Crippen molar-refractivity contribution >= 4 is 17.7 Å². The minimum atomic E-state index is -0.248. The third-order valence-corrected chi connectivity index (χ3v) is 4.78. The van der Waals surface area contributed by atoms with Crippen molar-refractivity contribution in [3.05, 3.63) is 0 Å². The number of hydrogen-bond donors (Lipinski definition) is 2. The van der Waals surface area contributed by atoms with Gasteiger partial charge in [0.2, 0.25) is 5.91 Å². The highest BCUT2D eigenvalue weighted by molar-refractivity contribution is 7.99. The number of carbonyl (C=O) groups is 1. The summed E-state index contributed by atoms with van der Waals surface area (Å²) >= 11 is 1.94. The molecule has 0 aromatic rings. The Morgan fingerprint density at radius 3 is 3.06 bits per heavy atom. The van der Waals surface area contributed by atoms with Gasteiger partial charge in [-0.05, 0) is 38.0 Å². The molecule has 1 amide bonds. The van der Waals surface area contributed by atoms with Crippen molar-refractivity contribution in [2.24, 2.45) is 0 Å². The molecule has 16 heavy (non-hydrogen) atoms. The molecule has 3 nitrogen and oxygen atoms in total. The first kappa shape index (κ1) is 12.2. The molecular formula is C12H22N2OS. The zero-order valence-corrected chi connectivity index (χ0v) is 10.9. The summed E-state index contributed by atoms with van der Waals surface area (Å²) < 4.78 is 0. The summed E-state index contributed by atoms with van der Waals surface area (Å²) in [6.45, 7) is 3.15. The fourth-order valence-corrected chi connectivity index (χ4v) is 3.88. The van der Waals surface area contributed by atoms with Crippen LogP contribution in [0, 0.1) is 0 Å². The Balaban J connectivity index is 1.93. The minimum Gasteiger partial charge on any atom is -0.351 e. The van der Waals surface area contributed by atoms with Crippen molar-refractivity contribution in [3.63, 3.8) is 0 Å². The van der Waals surface area contributed by atoms with Crippen molar-refractivity contribution in [2.45, 2.75) is 50.6 Å². The van der Waals surface area contributed by atoms with Crippen LogP contribution in [0.15, 0.2) is 0 Å². The number of carbonyl (C=O) groups excluding carboxylic acids is 1. The summed E-state index contributed by atoms with van der Waals surface area (Å²) in [4.78, 5) is 12.3. The van der Waals surface area contributed by atoms with Gasteiger partial charge < -0.3 is 10.6 Å². The second kappa shape index (κ2) is 5.41. The largest absolute Gasteiger partial charge is 0.351 e. The van der Waals surface area contributed by atoms with E-state index in [0.29, 0.717) is 6.04 Å². The highest BCUT2D eigenvalue weighted by Gasteiger charge is 2.40. The summed E-state index contributed by atoms with van der Waals surface area (Å²) in [7, 11) is 0. The summed E-state index contributed by atoms with van der Waals surface area (Å²) in [5.74, 6) is 2.53. The third kappa shape index (κ3) is 2.54. The molecule has 2 heterocycles. The molecule has 0 saturated carbocycles. The normalized spacial score (nSPS) is 34.2. The maximum Gasteiger partial charge on any atom is 0.240 e. The number of amides is 1. The van der Waals surface area contributed by atoms with Gasteiger partial charge in [-0.1, -0.05) is 13.3 Å². The van der Waals surface area contributed by atoms with Crippen LogP contribution in [0.3, 0.4) is 0 Å². The van der Waals surface area contributed by atoms with Gasteiger partial charge in [-0.15, -0.1) is 0 Å². The molecule has 2 unspecified atom stereocenters. The molecule has 4 heteroatoms. The summed E-state index contributed by atoms with van der Waals surface area (Å²) in [6.07, 6.45) is 5.32. The lowest BCUT2D eigenvalue weighted by molar-refractivity contribution is -0.128. The molecule has 0 spiro atoms. The average Bonchev–Trinajstić information content (AvgIpc) is 2.89. The number of nitrogens with one attached hydrogen (secondary N) is 2. The first-order chi connectivity index (χ1) is 7.77. The fraction of sp³-hybridized carbons (Fsp3) is 0.917. The van der Waals surface area contributed by atoms with E-state index in [-0.39, 0.29) is 11.4 Å². The second-order valence-electron chi connectivity index (χ2n) is 4.90. The zero-order valence-electron chi connectivity index (χ0n) is 10.1. The highest BCUT2D eigenvalue weighted by atomic mass is 32.2. The molecule has 2 N–H and O–H groups in total. The lowest BCUT2D eigenvalue weighted by Crippen LogP contribution is -2.55. The van der Waals surface area contributed by atoms with Crippen LogP contribution in [0.5, 0.6) is 0 Å². The quantitative estimate of drug-likeness (QED) is 0.785. The van der Waals surface area contributed by atoms with Crippen LogP contribution < -0.4 is 10.6 Å². The van der Waals surface area contributed by atoms with Crippen molar-refractivity contribution in [3.8, 4) is 0 Å². The summed E-state index contributed by atoms with van der Waals surface area (Å²) in [5, 5.41) is 6.65. The van der Waals surface area contributed by atoms with Crippen LogP contribution in [0.25, 0.3) is 0 Å². The Labute approximate surface area is 102 Å². The van der Waals surface area contributed by atoms with E-state index in [0.717, 1.165) is 44.4 Å². The van der Waals surface area contributed by atoms with Crippen LogP contribution in [0.1, 0.15) is 39.0 Å². The van der Waals surface area contributed by atoms with Crippen molar-refractivity contribution < 1.29 is 4.79 Å². The molecule has 0 bridgehead atoms. The van der Waals surface area contributed by atoms with E-state index in [2.05, 4.69) is 17.6 Å². The standard InChI is InChI=1S/C12H22N2OS/c1-2-5-12(6-3-7-13-12)11(15)14-10-4-8-16-9-10/h10,13H,2-9H2,1H3,(H,14,15). The van der Waals surface area contributed by atoms with Crippen LogP contribution in [-0.2, 0) is 4.79 Å². The third-order valence-electron chi connectivity index (χ3n) is 3.62. The molecule has 0 radical (unpaired) electrons. The van der Waals surface area contributed by atoms with Gasteiger partial charge in [0.1, 0.15) is 0 Å². The monoisotopic (exact) mass is 242 g/mol. The van der Waals surface area contributed by atoms with Gasteiger partial charge in [0.05, 0.1) is 5.54 Å². The van der Waals surface area contributed by atoms with Gasteiger partial charge in [0.15, 0.2) is 0 Å². The predicted octanol–water partition coefficient (Wildman–Crippen LogP) is 1.53. The number of hydrogen-bond acceptors (Lipinski definition) is 3. The topological polar surface area (TPSA) is 41.1 Å². The van der Waals surface area contributed by atoms with E-state index in [9.17, 15) is 4.79 Å². The van der Waals surface area contributed by atoms with Crippen molar-refractivity contribution in [2.75, 3.05) is 18.1 Å². The summed E-state index contributed by atoms with van der Waals surface area (Å²) in [5.41, 5.74) is -0.248. The Morgan fingerprint density at radius 2 is 2.50 bits per heavy atom. The molecule has 2 atom stereocenters. The van der Waals surface area contributed by atoms with Gasteiger partial charge in [-0.3, -0.25) is 4.79 Å². The molecule has 2 aliphatic rings. The molecule has 2 saturated heterocycles. The molecule has 0 aliphatic carbocycles. The molecule has 2 rings (SSSR count). The minimum absolute atomic E-state index is 0.248. The van der Waals surface area contributed by atoms with Crippen molar-refractivity contribution in [1.82, 2.24) is 10.6 Å². The number of rotatable bonds is 4. The van der Waals surface area contributed by atoms with Crippen LogP contribution in [0.2, 0.25) is 0 Å². The Morgan fingerprint density at radius 1 is 1.62 bits per heavy atom. The summed E-state index contributed by atoms with van der Waals surface area (Å²) in [6, 6.07) is 0.411. The van der Waals surface area contributed by atoms with Gasteiger partial charge >= 0.3 is 0 Å². The van der Waals surface area contributed by atoms with Crippen molar-refractivity contribution in [1.29, 1.82) is 0 Å². The number of thioether (sulfide) groups is 1. The maximum atomic E-state index is 12.3.